The predicted octanol–water partition coefficient (Wildman–Crippen LogP) is 3.76. The number of nitro groups is 1. The van der Waals surface area contributed by atoms with Crippen LogP contribution in [0.1, 0.15) is 27.6 Å². The van der Waals surface area contributed by atoms with Crippen molar-refractivity contribution in [2.75, 3.05) is 11.9 Å². The second kappa shape index (κ2) is 8.64. The number of nitrogens with one attached hydrogen (secondary N) is 1. The third-order valence-corrected chi connectivity index (χ3v) is 4.64. The fourth-order valence-corrected chi connectivity index (χ4v) is 3.09. The van der Waals surface area contributed by atoms with Gasteiger partial charge in [0.2, 0.25) is 0 Å². The van der Waals surface area contributed by atoms with E-state index in [2.05, 4.69) is 15.4 Å². The topological polar surface area (TPSA) is 129 Å². The van der Waals surface area contributed by atoms with Gasteiger partial charge in [0.05, 0.1) is 23.2 Å². The molecule has 0 spiro atoms. The first-order chi connectivity index (χ1) is 15.5. The van der Waals surface area contributed by atoms with Gasteiger partial charge in [-0.25, -0.2) is 9.78 Å². The van der Waals surface area contributed by atoms with Gasteiger partial charge in [-0.15, -0.1) is 0 Å². The Morgan fingerprint density at radius 3 is 2.56 bits per heavy atom. The van der Waals surface area contributed by atoms with Gasteiger partial charge in [0, 0.05) is 23.1 Å². The summed E-state index contributed by atoms with van der Waals surface area (Å²) in [6.45, 7) is 1.82. The van der Waals surface area contributed by atoms with Crippen molar-refractivity contribution in [1.29, 1.82) is 0 Å². The number of aromatic nitrogens is 3. The molecular formula is C22H17N5O5. The molecule has 160 valence electrons. The molecule has 4 rings (SSSR count). The highest BCUT2D eigenvalue weighted by atomic mass is 16.6. The second-order valence-electron chi connectivity index (χ2n) is 6.66. The minimum absolute atomic E-state index is 0.0528. The number of ether oxygens (including phenoxy) is 1. The molecule has 0 atom stereocenters. The molecule has 0 saturated carbocycles. The lowest BCUT2D eigenvalue weighted by atomic mass is 10.2. The second-order valence-corrected chi connectivity index (χ2v) is 6.66. The van der Waals surface area contributed by atoms with Crippen LogP contribution in [0.25, 0.3) is 16.7 Å². The third kappa shape index (κ3) is 4.01. The Bertz CT molecular complexity index is 1330. The van der Waals surface area contributed by atoms with Crippen molar-refractivity contribution in [3.05, 3.63) is 88.1 Å². The van der Waals surface area contributed by atoms with Crippen LogP contribution < -0.4 is 5.32 Å². The summed E-state index contributed by atoms with van der Waals surface area (Å²) in [7, 11) is 0. The molecule has 10 nitrogen and oxygen atoms in total. The first kappa shape index (κ1) is 20.7. The molecule has 1 N–H and O–H groups in total. The molecule has 0 bridgehead atoms. The molecule has 0 saturated heterocycles. The third-order valence-electron chi connectivity index (χ3n) is 4.64. The summed E-state index contributed by atoms with van der Waals surface area (Å²) in [5.74, 6) is -0.764. The summed E-state index contributed by atoms with van der Waals surface area (Å²) in [5, 5.41) is 18.7. The molecule has 32 heavy (non-hydrogen) atoms. The zero-order valence-corrected chi connectivity index (χ0v) is 16.9. The van der Waals surface area contributed by atoms with Crippen molar-refractivity contribution < 1.29 is 19.2 Å². The SMILES string of the molecule is CCOC(=O)c1cnn(-c2ccc3ccccc3n2)c1NC(=O)c1ccc([N+](=O)[O-])cc1. The molecule has 0 aliphatic carbocycles. The highest BCUT2D eigenvalue weighted by molar-refractivity contribution is 6.07. The van der Waals surface area contributed by atoms with E-state index in [9.17, 15) is 19.7 Å². The number of fused-ring (bicyclic) bond motifs is 1. The lowest BCUT2D eigenvalue weighted by Crippen LogP contribution is -2.18. The van der Waals surface area contributed by atoms with Crippen LogP contribution in [0.2, 0.25) is 0 Å². The number of non-ortho nitro benzene ring substituents is 1. The molecule has 0 radical (unpaired) electrons. The van der Waals surface area contributed by atoms with Crippen molar-refractivity contribution in [2.45, 2.75) is 6.92 Å². The Hall–Kier alpha value is -4.60. The Kier molecular flexibility index (Phi) is 5.58. The lowest BCUT2D eigenvalue weighted by Gasteiger charge is -2.11. The van der Waals surface area contributed by atoms with Crippen LogP contribution in [-0.4, -0.2) is 38.2 Å². The fraction of sp³-hybridized carbons (Fsp3) is 0.0909. The molecular weight excluding hydrogens is 414 g/mol. The maximum atomic E-state index is 12.8. The number of hydrogen-bond donors (Lipinski definition) is 1. The molecule has 0 aliphatic rings. The number of amides is 1. The Morgan fingerprint density at radius 1 is 1.09 bits per heavy atom. The summed E-state index contributed by atoms with van der Waals surface area (Å²) in [5.41, 5.74) is 0.798. The minimum Gasteiger partial charge on any atom is -0.462 e. The number of carbonyl (C=O) groups is 2. The molecule has 0 unspecified atom stereocenters. The molecule has 10 heteroatoms. The van der Waals surface area contributed by atoms with E-state index in [0.29, 0.717) is 11.3 Å². The number of nitrogens with zero attached hydrogens (tertiary/aromatic N) is 4. The normalized spacial score (nSPS) is 10.7. The van der Waals surface area contributed by atoms with Crippen molar-refractivity contribution in [2.24, 2.45) is 0 Å². The maximum absolute atomic E-state index is 12.8. The molecule has 4 aromatic rings. The first-order valence-electron chi connectivity index (χ1n) is 9.65. The molecule has 2 aromatic carbocycles. The number of esters is 1. The van der Waals surface area contributed by atoms with E-state index in [1.54, 1.807) is 13.0 Å². The molecule has 0 fully saturated rings. The van der Waals surface area contributed by atoms with Crippen molar-refractivity contribution >= 4 is 34.3 Å². The van der Waals surface area contributed by atoms with Crippen LogP contribution in [0, 0.1) is 10.1 Å². The molecule has 1 amide bonds. The van der Waals surface area contributed by atoms with Gasteiger partial charge in [-0.2, -0.15) is 9.78 Å². The Labute approximate surface area is 181 Å². The van der Waals surface area contributed by atoms with Crippen LogP contribution in [0.15, 0.2) is 66.9 Å². The van der Waals surface area contributed by atoms with Gasteiger partial charge < -0.3 is 10.1 Å². The summed E-state index contributed by atoms with van der Waals surface area (Å²) < 4.78 is 6.41. The van der Waals surface area contributed by atoms with Crippen molar-refractivity contribution in [1.82, 2.24) is 14.8 Å². The number of rotatable bonds is 6. The molecule has 2 aromatic heterocycles. The number of para-hydroxylation sites is 1. The highest BCUT2D eigenvalue weighted by Gasteiger charge is 2.23. The van der Waals surface area contributed by atoms with Gasteiger partial charge in [-0.05, 0) is 37.3 Å². The zero-order chi connectivity index (χ0) is 22.7. The van der Waals surface area contributed by atoms with Gasteiger partial charge in [0.25, 0.3) is 11.6 Å². The maximum Gasteiger partial charge on any atom is 0.343 e. The standard InChI is InChI=1S/C22H17N5O5/c1-2-32-22(29)17-13-23-26(19-12-9-14-5-3-4-6-18(14)24-19)20(17)25-21(28)15-7-10-16(11-8-15)27(30)31/h3-13H,2H2,1H3,(H,25,28). The van der Waals surface area contributed by atoms with E-state index in [1.807, 2.05) is 30.3 Å². The van der Waals surface area contributed by atoms with E-state index in [0.717, 1.165) is 5.39 Å². The number of hydrogen-bond acceptors (Lipinski definition) is 7. The average molecular weight is 431 g/mol. The van der Waals surface area contributed by atoms with Gasteiger partial charge in [-0.1, -0.05) is 18.2 Å². The van der Waals surface area contributed by atoms with Crippen LogP contribution in [0.3, 0.4) is 0 Å². The average Bonchev–Trinajstić information content (AvgIpc) is 3.22. The smallest absolute Gasteiger partial charge is 0.343 e. The van der Waals surface area contributed by atoms with Crippen molar-refractivity contribution in [3.8, 4) is 5.82 Å². The Balaban J connectivity index is 1.74. The van der Waals surface area contributed by atoms with E-state index >= 15 is 0 Å². The van der Waals surface area contributed by atoms with E-state index in [1.165, 1.54) is 35.1 Å². The number of anilines is 1. The fourth-order valence-electron chi connectivity index (χ4n) is 3.09. The summed E-state index contributed by atoms with van der Waals surface area (Å²) in [6, 6.07) is 16.2. The number of nitro benzene ring substituents is 1. The lowest BCUT2D eigenvalue weighted by molar-refractivity contribution is -0.384. The van der Waals surface area contributed by atoms with Crippen LogP contribution in [-0.2, 0) is 4.74 Å². The molecule has 0 aliphatic heterocycles. The predicted molar refractivity (Wildman–Crippen MR) is 116 cm³/mol. The summed E-state index contributed by atoms with van der Waals surface area (Å²) >= 11 is 0. The zero-order valence-electron chi connectivity index (χ0n) is 16.9. The van der Waals surface area contributed by atoms with E-state index in [-0.39, 0.29) is 29.2 Å². The van der Waals surface area contributed by atoms with Crippen LogP contribution in [0.5, 0.6) is 0 Å². The number of carbonyl (C=O) groups excluding carboxylic acids is 2. The highest BCUT2D eigenvalue weighted by Crippen LogP contribution is 2.23. The van der Waals surface area contributed by atoms with Gasteiger partial charge in [-0.3, -0.25) is 14.9 Å². The van der Waals surface area contributed by atoms with Gasteiger partial charge >= 0.3 is 5.97 Å². The van der Waals surface area contributed by atoms with Crippen LogP contribution in [0.4, 0.5) is 11.5 Å². The molecule has 2 heterocycles. The minimum atomic E-state index is -0.654. The van der Waals surface area contributed by atoms with Crippen molar-refractivity contribution in [3.63, 3.8) is 0 Å². The quantitative estimate of drug-likeness (QED) is 0.279. The largest absolute Gasteiger partial charge is 0.462 e. The van der Waals surface area contributed by atoms with Gasteiger partial charge in [0.15, 0.2) is 11.6 Å². The number of benzene rings is 2. The Morgan fingerprint density at radius 2 is 1.84 bits per heavy atom. The van der Waals surface area contributed by atoms with E-state index < -0.39 is 16.8 Å². The monoisotopic (exact) mass is 431 g/mol. The summed E-state index contributed by atoms with van der Waals surface area (Å²) in [4.78, 5) is 40.1. The first-order valence-corrected chi connectivity index (χ1v) is 9.65. The van der Waals surface area contributed by atoms with Crippen LogP contribution >= 0.6 is 0 Å². The summed E-state index contributed by atoms with van der Waals surface area (Å²) in [6.07, 6.45) is 1.29. The van der Waals surface area contributed by atoms with Gasteiger partial charge in [0.1, 0.15) is 5.56 Å². The number of pyridine rings is 1. The van der Waals surface area contributed by atoms with E-state index in [4.69, 9.17) is 4.74 Å².